The van der Waals surface area contributed by atoms with Crippen molar-refractivity contribution in [1.29, 1.82) is 0 Å². The molecule has 1 nitrogen and oxygen atoms in total. The zero-order valence-corrected chi connectivity index (χ0v) is 9.26. The zero-order chi connectivity index (χ0) is 10.8. The Labute approximate surface area is 95.7 Å². The van der Waals surface area contributed by atoms with Crippen molar-refractivity contribution in [3.05, 3.63) is 60.3 Å². The van der Waals surface area contributed by atoms with Crippen molar-refractivity contribution in [2.75, 3.05) is 0 Å². The van der Waals surface area contributed by atoms with Crippen LogP contribution < -0.4 is 0 Å². The van der Waals surface area contributed by atoms with Crippen LogP contribution >= 0.6 is 0 Å². The molecule has 80 valence electrons. The monoisotopic (exact) mass is 209 g/mol. The highest BCUT2D eigenvalue weighted by Gasteiger charge is 2.02. The summed E-state index contributed by atoms with van der Waals surface area (Å²) in [6.45, 7) is 0.990. The molecule has 1 aromatic carbocycles. The number of hydrogen-bond acceptors (Lipinski definition) is 0. The first-order valence-corrected chi connectivity index (χ1v) is 5.83. The molecule has 0 N–H and O–H groups in total. The van der Waals surface area contributed by atoms with Gasteiger partial charge in [-0.1, -0.05) is 36.4 Å². The summed E-state index contributed by atoms with van der Waals surface area (Å²) in [5.74, 6) is 0. The normalized spacial score (nSPS) is 15.4. The van der Waals surface area contributed by atoms with Crippen LogP contribution in [0.15, 0.2) is 60.3 Å². The number of para-hydroxylation sites is 1. The molecule has 0 aliphatic heterocycles. The van der Waals surface area contributed by atoms with E-state index in [1.54, 1.807) is 0 Å². The Morgan fingerprint density at radius 2 is 2.00 bits per heavy atom. The lowest BCUT2D eigenvalue weighted by atomic mass is 10.1. The number of rotatable bonds is 2. The summed E-state index contributed by atoms with van der Waals surface area (Å²) in [7, 11) is 0. The van der Waals surface area contributed by atoms with Gasteiger partial charge in [0.05, 0.1) is 0 Å². The first kappa shape index (κ1) is 9.46. The zero-order valence-electron chi connectivity index (χ0n) is 9.26. The Bertz CT molecular complexity index is 558. The minimum absolute atomic E-state index is 0.990. The number of hydrogen-bond donors (Lipinski definition) is 0. The van der Waals surface area contributed by atoms with Crippen molar-refractivity contribution >= 4 is 10.9 Å². The molecule has 0 fully saturated rings. The molecule has 0 spiro atoms. The van der Waals surface area contributed by atoms with Gasteiger partial charge in [0.1, 0.15) is 0 Å². The van der Waals surface area contributed by atoms with E-state index in [0.717, 1.165) is 6.54 Å². The molecule has 1 heterocycles. The molecule has 2 aromatic rings. The maximum Gasteiger partial charge on any atom is 0.0483 e. The van der Waals surface area contributed by atoms with Crippen LogP contribution in [0.1, 0.15) is 12.8 Å². The third kappa shape index (κ3) is 1.69. The van der Waals surface area contributed by atoms with Crippen molar-refractivity contribution in [1.82, 2.24) is 4.57 Å². The number of fused-ring (bicyclic) bond motifs is 1. The van der Waals surface area contributed by atoms with Crippen molar-refractivity contribution < 1.29 is 0 Å². The molecule has 1 aromatic heterocycles. The van der Waals surface area contributed by atoms with Crippen LogP contribution in [0.25, 0.3) is 10.9 Å². The topological polar surface area (TPSA) is 4.93 Å². The molecule has 1 aliphatic rings. The average molecular weight is 209 g/mol. The van der Waals surface area contributed by atoms with Gasteiger partial charge in [-0.2, -0.15) is 0 Å². The van der Waals surface area contributed by atoms with E-state index in [-0.39, 0.29) is 0 Å². The van der Waals surface area contributed by atoms with E-state index in [2.05, 4.69) is 59.3 Å². The van der Waals surface area contributed by atoms with Crippen LogP contribution in [0.4, 0.5) is 0 Å². The van der Waals surface area contributed by atoms with Gasteiger partial charge < -0.3 is 4.57 Å². The van der Waals surface area contributed by atoms with E-state index in [0.29, 0.717) is 0 Å². The number of aromatic nitrogens is 1. The Morgan fingerprint density at radius 3 is 2.88 bits per heavy atom. The van der Waals surface area contributed by atoms with Crippen LogP contribution in [-0.2, 0) is 6.54 Å². The molecule has 0 saturated carbocycles. The standard InChI is InChI=1S/C15H15N/c1-2-6-13(7-3-1)12-16-11-10-14-8-4-5-9-15(14)16/h2,4-11H,1,3,12H2. The fraction of sp³-hybridized carbons (Fsp3) is 0.200. The van der Waals surface area contributed by atoms with E-state index >= 15 is 0 Å². The van der Waals surface area contributed by atoms with Crippen LogP contribution in [0, 0.1) is 0 Å². The van der Waals surface area contributed by atoms with Gasteiger partial charge in [0.25, 0.3) is 0 Å². The summed E-state index contributed by atoms with van der Waals surface area (Å²) in [6.07, 6.45) is 11.4. The quantitative estimate of drug-likeness (QED) is 0.706. The summed E-state index contributed by atoms with van der Waals surface area (Å²) in [5.41, 5.74) is 2.75. The highest BCUT2D eigenvalue weighted by molar-refractivity contribution is 5.80. The van der Waals surface area contributed by atoms with Gasteiger partial charge in [-0.3, -0.25) is 0 Å². The second-order valence-electron chi connectivity index (χ2n) is 4.26. The molecule has 1 aliphatic carbocycles. The Morgan fingerprint density at radius 1 is 1.06 bits per heavy atom. The predicted octanol–water partition coefficient (Wildman–Crippen LogP) is 3.92. The molecular formula is C15H15N. The van der Waals surface area contributed by atoms with Gasteiger partial charge in [0, 0.05) is 18.3 Å². The Hall–Kier alpha value is -1.76. The summed E-state index contributed by atoms with van der Waals surface area (Å²) >= 11 is 0. The second-order valence-corrected chi connectivity index (χ2v) is 4.26. The molecule has 1 heteroatoms. The van der Waals surface area contributed by atoms with Crippen molar-refractivity contribution in [2.45, 2.75) is 19.4 Å². The maximum atomic E-state index is 2.34. The van der Waals surface area contributed by atoms with Crippen LogP contribution in [0.5, 0.6) is 0 Å². The first-order valence-electron chi connectivity index (χ1n) is 5.83. The summed E-state index contributed by atoms with van der Waals surface area (Å²) in [4.78, 5) is 0. The lowest BCUT2D eigenvalue weighted by Crippen LogP contribution is -1.99. The van der Waals surface area contributed by atoms with Crippen molar-refractivity contribution in [3.63, 3.8) is 0 Å². The van der Waals surface area contributed by atoms with Crippen molar-refractivity contribution in [2.24, 2.45) is 0 Å². The second kappa shape index (κ2) is 4.01. The van der Waals surface area contributed by atoms with Gasteiger partial charge in [0.15, 0.2) is 0 Å². The average Bonchev–Trinajstić information content (AvgIpc) is 2.74. The van der Waals surface area contributed by atoms with Gasteiger partial charge in [-0.05, 0) is 35.9 Å². The number of allylic oxidation sites excluding steroid dienone is 4. The Balaban J connectivity index is 1.94. The van der Waals surface area contributed by atoms with Crippen LogP contribution in [0.3, 0.4) is 0 Å². The van der Waals surface area contributed by atoms with Gasteiger partial charge in [-0.25, -0.2) is 0 Å². The van der Waals surface area contributed by atoms with Gasteiger partial charge in [-0.15, -0.1) is 0 Å². The number of benzene rings is 1. The van der Waals surface area contributed by atoms with Gasteiger partial charge in [0.2, 0.25) is 0 Å². The fourth-order valence-electron chi connectivity index (χ4n) is 2.26. The van der Waals surface area contributed by atoms with E-state index in [1.807, 2.05) is 0 Å². The van der Waals surface area contributed by atoms with Crippen LogP contribution in [0.2, 0.25) is 0 Å². The smallest absolute Gasteiger partial charge is 0.0483 e. The third-order valence-electron chi connectivity index (χ3n) is 3.10. The largest absolute Gasteiger partial charge is 0.343 e. The first-order chi connectivity index (χ1) is 7.93. The van der Waals surface area contributed by atoms with E-state index in [9.17, 15) is 0 Å². The molecule has 16 heavy (non-hydrogen) atoms. The minimum atomic E-state index is 0.990. The molecular weight excluding hydrogens is 194 g/mol. The highest BCUT2D eigenvalue weighted by atomic mass is 14.9. The molecule has 0 saturated heterocycles. The van der Waals surface area contributed by atoms with E-state index in [4.69, 9.17) is 0 Å². The molecule has 0 radical (unpaired) electrons. The van der Waals surface area contributed by atoms with Crippen molar-refractivity contribution in [3.8, 4) is 0 Å². The molecule has 0 atom stereocenters. The lowest BCUT2D eigenvalue weighted by Gasteiger charge is -2.09. The van der Waals surface area contributed by atoms with E-state index in [1.165, 1.54) is 29.3 Å². The highest BCUT2D eigenvalue weighted by Crippen LogP contribution is 2.18. The molecule has 0 unspecified atom stereocenters. The van der Waals surface area contributed by atoms with Crippen LogP contribution in [-0.4, -0.2) is 4.57 Å². The fourth-order valence-corrected chi connectivity index (χ4v) is 2.26. The van der Waals surface area contributed by atoms with Gasteiger partial charge >= 0.3 is 0 Å². The summed E-state index contributed by atoms with van der Waals surface area (Å²) in [5, 5.41) is 1.32. The third-order valence-corrected chi connectivity index (χ3v) is 3.10. The predicted molar refractivity (Wildman–Crippen MR) is 68.4 cm³/mol. The summed E-state index contributed by atoms with van der Waals surface area (Å²) in [6, 6.07) is 10.7. The lowest BCUT2D eigenvalue weighted by molar-refractivity contribution is 0.819. The maximum absolute atomic E-state index is 2.34. The molecule has 3 rings (SSSR count). The molecule has 0 amide bonds. The van der Waals surface area contributed by atoms with E-state index < -0.39 is 0 Å². The number of nitrogens with zero attached hydrogens (tertiary/aromatic N) is 1. The Kier molecular flexibility index (Phi) is 2.37. The summed E-state index contributed by atoms with van der Waals surface area (Å²) < 4.78 is 2.32. The minimum Gasteiger partial charge on any atom is -0.343 e. The SMILES string of the molecule is C1=CC(Cn2ccc3ccccc32)=CCC1. The molecule has 0 bridgehead atoms.